The molecule has 1 heterocycles. The van der Waals surface area contributed by atoms with E-state index in [9.17, 15) is 0 Å². The van der Waals surface area contributed by atoms with Crippen molar-refractivity contribution >= 4 is 26.0 Å². The molecule has 0 saturated carbocycles. The zero-order valence-electron chi connectivity index (χ0n) is 10.5. The second kappa shape index (κ2) is 5.52. The van der Waals surface area contributed by atoms with Gasteiger partial charge in [-0.15, -0.1) is 0 Å². The molecule has 1 N–H and O–H groups in total. The molecule has 1 unspecified atom stereocenters. The number of likely N-dealkylation sites (N-methyl/N-ethyl adjacent to an activating group) is 2. The molecule has 0 spiro atoms. The number of hydrogen-bond donors (Lipinski definition) is 1. The average molecular weight is 249 g/mol. The number of rotatable bonds is 5. The highest BCUT2D eigenvalue weighted by molar-refractivity contribution is 7.15. The van der Waals surface area contributed by atoms with Gasteiger partial charge in [-0.05, 0) is 29.4 Å². The fourth-order valence-electron chi connectivity index (χ4n) is 2.13. The molecule has 0 amide bonds. The molecule has 2 rings (SSSR count). The van der Waals surface area contributed by atoms with E-state index in [0.717, 1.165) is 19.6 Å². The minimum atomic E-state index is 1.00. The van der Waals surface area contributed by atoms with Crippen LogP contribution in [0.4, 0.5) is 5.69 Å². The van der Waals surface area contributed by atoms with Crippen molar-refractivity contribution in [3.05, 3.63) is 30.5 Å². The number of benzene rings is 1. The van der Waals surface area contributed by atoms with Gasteiger partial charge in [-0.2, -0.15) is 0 Å². The molecule has 17 heavy (non-hydrogen) atoms. The number of aromatic nitrogens is 1. The third-order valence-corrected chi connectivity index (χ3v) is 3.50. The molecule has 1 aromatic heterocycles. The number of anilines is 1. The van der Waals surface area contributed by atoms with Crippen LogP contribution >= 0.6 is 9.39 Å². The molecule has 0 fully saturated rings. The maximum atomic E-state index is 3.20. The normalized spacial score (nSPS) is 11.0. The Balaban J connectivity index is 2.39. The van der Waals surface area contributed by atoms with Crippen molar-refractivity contribution in [1.82, 2.24) is 9.65 Å². The first-order valence-electron chi connectivity index (χ1n) is 6.02. The van der Waals surface area contributed by atoms with Crippen LogP contribution in [0, 0.1) is 0 Å². The second-order valence-corrected chi connectivity index (χ2v) is 4.68. The molecule has 2 aromatic rings. The standard InChI is InChI=1S/C13H20N3P/c1-3-15(9-8-14-2)13-10-16(17)12-7-5-4-6-11(12)13/h4-7,10,14H,3,8-9,17H2,1-2H3. The van der Waals surface area contributed by atoms with Gasteiger partial charge >= 0.3 is 0 Å². The summed E-state index contributed by atoms with van der Waals surface area (Å²) < 4.78 is 2.12. The number of hydrogen-bond acceptors (Lipinski definition) is 2. The van der Waals surface area contributed by atoms with E-state index in [0.29, 0.717) is 0 Å². The Labute approximate surface area is 105 Å². The molecule has 0 radical (unpaired) electrons. The van der Waals surface area contributed by atoms with E-state index in [1.165, 1.54) is 16.6 Å². The van der Waals surface area contributed by atoms with Crippen molar-refractivity contribution in [2.45, 2.75) is 6.92 Å². The molecular formula is C13H20N3P. The maximum absolute atomic E-state index is 3.20. The monoisotopic (exact) mass is 249 g/mol. The Morgan fingerprint density at radius 2 is 2.12 bits per heavy atom. The van der Waals surface area contributed by atoms with Crippen LogP contribution < -0.4 is 10.2 Å². The van der Waals surface area contributed by atoms with Gasteiger partial charge in [-0.3, -0.25) is 0 Å². The van der Waals surface area contributed by atoms with Crippen LogP contribution in [0.1, 0.15) is 6.92 Å². The fourth-order valence-corrected chi connectivity index (χ4v) is 2.50. The molecule has 0 aliphatic rings. The van der Waals surface area contributed by atoms with Crippen molar-refractivity contribution in [2.75, 3.05) is 31.6 Å². The summed E-state index contributed by atoms with van der Waals surface area (Å²) in [6.45, 7) is 5.26. The summed E-state index contributed by atoms with van der Waals surface area (Å²) in [6.07, 6.45) is 2.19. The maximum Gasteiger partial charge on any atom is 0.0629 e. The first-order chi connectivity index (χ1) is 8.27. The van der Waals surface area contributed by atoms with Crippen LogP contribution in [0.15, 0.2) is 30.5 Å². The summed E-state index contributed by atoms with van der Waals surface area (Å²) in [6, 6.07) is 8.52. The molecule has 0 aliphatic heterocycles. The van der Waals surface area contributed by atoms with E-state index < -0.39 is 0 Å². The lowest BCUT2D eigenvalue weighted by molar-refractivity contribution is 0.738. The van der Waals surface area contributed by atoms with Gasteiger partial charge in [0.1, 0.15) is 0 Å². The SMILES string of the molecule is CCN(CCNC)c1cn(P)c2ccccc12. The summed E-state index contributed by atoms with van der Waals surface area (Å²) >= 11 is 0. The summed E-state index contributed by atoms with van der Waals surface area (Å²) in [7, 11) is 4.75. The Morgan fingerprint density at radius 3 is 2.82 bits per heavy atom. The lowest BCUT2D eigenvalue weighted by Gasteiger charge is -2.22. The molecular weight excluding hydrogens is 229 g/mol. The summed E-state index contributed by atoms with van der Waals surface area (Å²) in [5, 5.41) is 4.52. The Morgan fingerprint density at radius 1 is 1.35 bits per heavy atom. The van der Waals surface area contributed by atoms with E-state index >= 15 is 0 Å². The number of para-hydroxylation sites is 1. The van der Waals surface area contributed by atoms with Crippen LogP contribution in [-0.4, -0.2) is 31.0 Å². The van der Waals surface area contributed by atoms with Crippen LogP contribution in [0.5, 0.6) is 0 Å². The minimum Gasteiger partial charge on any atom is -0.369 e. The van der Waals surface area contributed by atoms with Crippen LogP contribution in [0.25, 0.3) is 10.9 Å². The second-order valence-electron chi connectivity index (χ2n) is 4.12. The zero-order chi connectivity index (χ0) is 12.3. The van der Waals surface area contributed by atoms with E-state index in [-0.39, 0.29) is 0 Å². The van der Waals surface area contributed by atoms with Crippen LogP contribution in [0.3, 0.4) is 0 Å². The third kappa shape index (κ3) is 2.46. The molecule has 92 valence electrons. The van der Waals surface area contributed by atoms with Crippen molar-refractivity contribution < 1.29 is 0 Å². The molecule has 0 bridgehead atoms. The first-order valence-corrected chi connectivity index (χ1v) is 6.54. The minimum absolute atomic E-state index is 1.00. The zero-order valence-corrected chi connectivity index (χ0v) is 11.6. The lowest BCUT2D eigenvalue weighted by Crippen LogP contribution is -2.30. The summed E-state index contributed by atoms with van der Waals surface area (Å²) in [5.74, 6) is 0. The Kier molecular flexibility index (Phi) is 4.03. The molecule has 1 aromatic carbocycles. The number of fused-ring (bicyclic) bond motifs is 1. The smallest absolute Gasteiger partial charge is 0.0629 e. The van der Waals surface area contributed by atoms with Crippen molar-refractivity contribution in [3.63, 3.8) is 0 Å². The lowest BCUT2D eigenvalue weighted by atomic mass is 10.2. The van der Waals surface area contributed by atoms with Crippen LogP contribution in [-0.2, 0) is 0 Å². The fraction of sp³-hybridized carbons (Fsp3) is 0.385. The Hall–Kier alpha value is -1.05. The molecule has 4 heteroatoms. The van der Waals surface area contributed by atoms with Crippen molar-refractivity contribution in [3.8, 4) is 0 Å². The largest absolute Gasteiger partial charge is 0.369 e. The molecule has 3 nitrogen and oxygen atoms in total. The van der Waals surface area contributed by atoms with Crippen molar-refractivity contribution in [2.24, 2.45) is 0 Å². The molecule has 0 aliphatic carbocycles. The summed E-state index contributed by atoms with van der Waals surface area (Å²) in [5.41, 5.74) is 2.57. The quantitative estimate of drug-likeness (QED) is 0.821. The van der Waals surface area contributed by atoms with Crippen LogP contribution in [0.2, 0.25) is 0 Å². The molecule has 0 saturated heterocycles. The molecule has 1 atom stereocenters. The topological polar surface area (TPSA) is 20.2 Å². The van der Waals surface area contributed by atoms with E-state index in [4.69, 9.17) is 0 Å². The number of nitrogens with one attached hydrogen (secondary N) is 1. The van der Waals surface area contributed by atoms with Gasteiger partial charge < -0.3 is 14.6 Å². The predicted molar refractivity (Wildman–Crippen MR) is 78.9 cm³/mol. The van der Waals surface area contributed by atoms with Gasteiger partial charge in [0.05, 0.1) is 11.2 Å². The number of nitrogens with zero attached hydrogens (tertiary/aromatic N) is 2. The van der Waals surface area contributed by atoms with Gasteiger partial charge in [-0.1, -0.05) is 18.2 Å². The third-order valence-electron chi connectivity index (χ3n) is 3.07. The highest BCUT2D eigenvalue weighted by atomic mass is 31.0. The van der Waals surface area contributed by atoms with Crippen molar-refractivity contribution in [1.29, 1.82) is 0 Å². The Bertz CT molecular complexity index is 492. The van der Waals surface area contributed by atoms with Gasteiger partial charge in [0.25, 0.3) is 0 Å². The van der Waals surface area contributed by atoms with Gasteiger partial charge in [0.2, 0.25) is 0 Å². The van der Waals surface area contributed by atoms with Gasteiger partial charge in [-0.25, -0.2) is 0 Å². The van der Waals surface area contributed by atoms with Gasteiger partial charge in [0, 0.05) is 31.2 Å². The van der Waals surface area contributed by atoms with E-state index in [1.807, 2.05) is 7.05 Å². The predicted octanol–water partition coefficient (Wildman–Crippen LogP) is 2.33. The summed E-state index contributed by atoms with van der Waals surface area (Å²) in [4.78, 5) is 2.40. The highest BCUT2D eigenvalue weighted by Gasteiger charge is 2.11. The van der Waals surface area contributed by atoms with E-state index in [1.54, 1.807) is 0 Å². The van der Waals surface area contributed by atoms with Gasteiger partial charge in [0.15, 0.2) is 0 Å². The highest BCUT2D eigenvalue weighted by Crippen LogP contribution is 2.30. The average Bonchev–Trinajstić information content (AvgIpc) is 2.69. The van der Waals surface area contributed by atoms with E-state index in [2.05, 4.69) is 61.3 Å². The first kappa shape index (κ1) is 12.4.